The minimum Gasteiger partial charge on any atom is -0.461 e. The number of hydrogen-bond donors (Lipinski definition) is 2. The van der Waals surface area contributed by atoms with Gasteiger partial charge in [0.05, 0.1) is 18.0 Å². The molecule has 4 rings (SSSR count). The number of esters is 1. The van der Waals surface area contributed by atoms with Crippen LogP contribution in [0.15, 0.2) is 30.3 Å². The SMILES string of the molecule is CCOC(=O)c1cc(N2CC3CN(C(=O)OC(C)(C)C)CC3C2)c(C(=N)C(C)C)c([NH2+]c2cccc(C)c2)n1. The highest BCUT2D eigenvalue weighted by Gasteiger charge is 2.44. The zero-order valence-electron chi connectivity index (χ0n) is 24.2. The number of pyridine rings is 1. The van der Waals surface area contributed by atoms with Crippen molar-refractivity contribution in [2.75, 3.05) is 37.7 Å². The first kappa shape index (κ1) is 28.5. The Morgan fingerprint density at radius 3 is 2.36 bits per heavy atom. The summed E-state index contributed by atoms with van der Waals surface area (Å²) in [6.07, 6.45) is -0.269. The van der Waals surface area contributed by atoms with Crippen LogP contribution in [0.1, 0.15) is 63.2 Å². The van der Waals surface area contributed by atoms with Crippen LogP contribution in [0.3, 0.4) is 0 Å². The van der Waals surface area contributed by atoms with E-state index in [1.165, 1.54) is 0 Å². The number of nitrogens with two attached hydrogens (primary N) is 1. The van der Waals surface area contributed by atoms with E-state index in [0.29, 0.717) is 24.6 Å². The lowest BCUT2D eigenvalue weighted by molar-refractivity contribution is -0.483. The highest BCUT2D eigenvalue weighted by Crippen LogP contribution is 2.38. The highest BCUT2D eigenvalue weighted by atomic mass is 16.6. The molecule has 1 aromatic heterocycles. The number of amides is 1. The van der Waals surface area contributed by atoms with Crippen LogP contribution in [-0.4, -0.2) is 66.0 Å². The standard InChI is InChI=1S/C30H41N5O4/c1-8-38-28(36)23-13-24(34-14-20-16-35(17-21(20)15-34)29(37)39-30(5,6)7)25(26(31)18(2)3)27(33-23)32-22-11-9-10-19(4)12-22/h9-13,18,20-21,31H,8,14-17H2,1-7H3,(H,32,33)/p+1. The van der Waals surface area contributed by atoms with Crippen LogP contribution >= 0.6 is 0 Å². The van der Waals surface area contributed by atoms with E-state index in [4.69, 9.17) is 19.9 Å². The van der Waals surface area contributed by atoms with Crippen LogP contribution in [0, 0.1) is 30.1 Å². The maximum absolute atomic E-state index is 12.9. The number of nitrogens with one attached hydrogen (secondary N) is 1. The Labute approximate surface area is 231 Å². The van der Waals surface area contributed by atoms with Gasteiger partial charge in [-0.05, 0) is 58.2 Å². The molecule has 0 aliphatic carbocycles. The van der Waals surface area contributed by atoms with Crippen LogP contribution < -0.4 is 10.2 Å². The van der Waals surface area contributed by atoms with Crippen molar-refractivity contribution in [1.29, 1.82) is 5.41 Å². The largest absolute Gasteiger partial charge is 0.461 e. The molecule has 2 fully saturated rings. The highest BCUT2D eigenvalue weighted by molar-refractivity contribution is 6.08. The van der Waals surface area contributed by atoms with Gasteiger partial charge in [-0.15, -0.1) is 0 Å². The van der Waals surface area contributed by atoms with Crippen molar-refractivity contribution in [3.63, 3.8) is 0 Å². The zero-order valence-corrected chi connectivity index (χ0v) is 24.2. The van der Waals surface area contributed by atoms with Gasteiger partial charge in [0.25, 0.3) is 0 Å². The van der Waals surface area contributed by atoms with Gasteiger partial charge in [-0.2, -0.15) is 4.98 Å². The molecule has 2 aromatic rings. The molecule has 0 spiro atoms. The molecule has 39 heavy (non-hydrogen) atoms. The minimum atomic E-state index is -0.530. The lowest BCUT2D eigenvalue weighted by Crippen LogP contribution is -2.72. The monoisotopic (exact) mass is 536 g/mol. The molecule has 0 bridgehead atoms. The van der Waals surface area contributed by atoms with Gasteiger partial charge in [-0.25, -0.2) is 9.59 Å². The Morgan fingerprint density at radius 2 is 1.79 bits per heavy atom. The second-order valence-electron chi connectivity index (χ2n) is 11.9. The minimum absolute atomic E-state index is 0.0339. The molecule has 2 saturated heterocycles. The van der Waals surface area contributed by atoms with Crippen LogP contribution in [0.25, 0.3) is 0 Å². The number of carbonyl (C=O) groups excluding carboxylic acids is 2. The number of nitrogens with zero attached hydrogens (tertiary/aromatic N) is 3. The second kappa shape index (κ2) is 11.3. The first-order valence-electron chi connectivity index (χ1n) is 13.8. The van der Waals surface area contributed by atoms with Crippen LogP contribution in [0.4, 0.5) is 22.0 Å². The Balaban J connectivity index is 1.70. The number of quaternary nitrogens is 1. The van der Waals surface area contributed by atoms with Crippen molar-refractivity contribution in [2.24, 2.45) is 17.8 Å². The van der Waals surface area contributed by atoms with Gasteiger partial charge in [-0.3, -0.25) is 5.32 Å². The average Bonchev–Trinajstić information content (AvgIpc) is 3.42. The summed E-state index contributed by atoms with van der Waals surface area (Å²) in [5.41, 5.74) is 3.81. The van der Waals surface area contributed by atoms with Gasteiger partial charge in [0.15, 0.2) is 5.69 Å². The number of carbonyl (C=O) groups is 2. The number of fused-ring (bicyclic) bond motifs is 1. The predicted octanol–water partition coefficient (Wildman–Crippen LogP) is 4.42. The summed E-state index contributed by atoms with van der Waals surface area (Å²) in [5.74, 6) is 0.639. The fraction of sp³-hybridized carbons (Fsp3) is 0.533. The summed E-state index contributed by atoms with van der Waals surface area (Å²) in [6.45, 7) is 16.4. The summed E-state index contributed by atoms with van der Waals surface area (Å²) < 4.78 is 10.9. The first-order valence-corrected chi connectivity index (χ1v) is 13.8. The van der Waals surface area contributed by atoms with Gasteiger partial charge in [-0.1, -0.05) is 26.0 Å². The molecule has 210 valence electrons. The normalized spacial score (nSPS) is 18.9. The Morgan fingerprint density at radius 1 is 1.13 bits per heavy atom. The van der Waals surface area contributed by atoms with E-state index in [9.17, 15) is 9.59 Å². The van der Waals surface area contributed by atoms with E-state index in [2.05, 4.69) is 11.0 Å². The fourth-order valence-corrected chi connectivity index (χ4v) is 5.36. The van der Waals surface area contributed by atoms with Crippen molar-refractivity contribution in [2.45, 2.75) is 54.1 Å². The Kier molecular flexibility index (Phi) is 8.30. The smallest absolute Gasteiger partial charge is 0.410 e. The molecule has 1 aromatic carbocycles. The first-order chi connectivity index (χ1) is 18.4. The fourth-order valence-electron chi connectivity index (χ4n) is 5.36. The number of likely N-dealkylation sites (tertiary alicyclic amines) is 1. The van der Waals surface area contributed by atoms with Gasteiger partial charge >= 0.3 is 12.1 Å². The summed E-state index contributed by atoms with van der Waals surface area (Å²) in [5, 5.41) is 11.0. The number of anilines is 1. The number of hydrogen-bond acceptors (Lipinski definition) is 7. The molecule has 9 heteroatoms. The molecule has 2 unspecified atom stereocenters. The summed E-state index contributed by atoms with van der Waals surface area (Å²) >= 11 is 0. The summed E-state index contributed by atoms with van der Waals surface area (Å²) in [4.78, 5) is 34.4. The lowest BCUT2D eigenvalue weighted by Gasteiger charge is -2.28. The van der Waals surface area contributed by atoms with Gasteiger partial charge in [0.2, 0.25) is 5.82 Å². The van der Waals surface area contributed by atoms with E-state index in [-0.39, 0.29) is 36.1 Å². The van der Waals surface area contributed by atoms with Crippen molar-refractivity contribution in [1.82, 2.24) is 9.88 Å². The van der Waals surface area contributed by atoms with Gasteiger partial charge < -0.3 is 24.7 Å². The number of ether oxygens (including phenoxy) is 2. The van der Waals surface area contributed by atoms with Crippen LogP contribution in [0.2, 0.25) is 0 Å². The van der Waals surface area contributed by atoms with Gasteiger partial charge in [0, 0.05) is 44.1 Å². The quantitative estimate of drug-likeness (QED) is 0.308. The van der Waals surface area contributed by atoms with E-state index in [1.54, 1.807) is 13.0 Å². The summed E-state index contributed by atoms with van der Waals surface area (Å²) in [7, 11) is 0. The molecule has 3 heterocycles. The molecular formula is C30H42N5O4+. The van der Waals surface area contributed by atoms with Gasteiger partial charge in [0.1, 0.15) is 16.9 Å². The molecule has 2 aliphatic rings. The molecular weight excluding hydrogens is 494 g/mol. The number of aromatic nitrogens is 1. The van der Waals surface area contributed by atoms with Crippen LogP contribution in [-0.2, 0) is 9.47 Å². The van der Waals surface area contributed by atoms with Crippen molar-refractivity contribution >= 4 is 35.0 Å². The van der Waals surface area contributed by atoms with E-state index in [1.807, 2.05) is 70.0 Å². The van der Waals surface area contributed by atoms with E-state index < -0.39 is 11.6 Å². The lowest BCUT2D eigenvalue weighted by atomic mass is 9.97. The summed E-state index contributed by atoms with van der Waals surface area (Å²) in [6, 6.07) is 9.87. The number of rotatable bonds is 7. The molecule has 0 saturated carbocycles. The van der Waals surface area contributed by atoms with E-state index >= 15 is 0 Å². The molecule has 0 radical (unpaired) electrons. The van der Waals surface area contributed by atoms with E-state index in [0.717, 1.165) is 35.6 Å². The molecule has 2 aliphatic heterocycles. The van der Waals surface area contributed by atoms with Crippen molar-refractivity contribution in [3.8, 4) is 0 Å². The number of aryl methyl sites for hydroxylation is 1. The zero-order chi connectivity index (χ0) is 28.5. The van der Waals surface area contributed by atoms with Crippen molar-refractivity contribution < 1.29 is 24.4 Å². The Hall–Kier alpha value is -3.46. The molecule has 1 amide bonds. The number of benzene rings is 1. The predicted molar refractivity (Wildman–Crippen MR) is 151 cm³/mol. The third kappa shape index (κ3) is 6.58. The molecule has 3 N–H and O–H groups in total. The maximum atomic E-state index is 12.9. The maximum Gasteiger partial charge on any atom is 0.410 e. The average molecular weight is 537 g/mol. The van der Waals surface area contributed by atoms with Crippen LogP contribution in [0.5, 0.6) is 0 Å². The third-order valence-corrected chi connectivity index (χ3v) is 7.18. The Bertz CT molecular complexity index is 1240. The third-order valence-electron chi connectivity index (χ3n) is 7.18. The second-order valence-corrected chi connectivity index (χ2v) is 11.9. The topological polar surface area (TPSA) is 112 Å². The molecule has 2 atom stereocenters. The van der Waals surface area contributed by atoms with Crippen molar-refractivity contribution in [3.05, 3.63) is 47.2 Å². The molecule has 9 nitrogen and oxygen atoms in total.